The van der Waals surface area contributed by atoms with E-state index < -0.39 is 52.1 Å². The number of alkyl halides is 6. The van der Waals surface area contributed by atoms with Crippen LogP contribution in [0.5, 0.6) is 5.75 Å². The van der Waals surface area contributed by atoms with Crippen molar-refractivity contribution in [3.63, 3.8) is 0 Å². The molecule has 1 saturated carbocycles. The maximum atomic E-state index is 14.1. The summed E-state index contributed by atoms with van der Waals surface area (Å²) in [7, 11) is 1.14. The highest BCUT2D eigenvalue weighted by atomic mass is 19.4. The highest BCUT2D eigenvalue weighted by molar-refractivity contribution is 5.89. The smallest absolute Gasteiger partial charge is 0.420 e. The van der Waals surface area contributed by atoms with E-state index in [0.29, 0.717) is 0 Å². The minimum absolute atomic E-state index is 0.0279. The molecule has 0 spiro atoms. The van der Waals surface area contributed by atoms with Crippen molar-refractivity contribution in [1.82, 2.24) is 0 Å². The van der Waals surface area contributed by atoms with E-state index in [2.05, 4.69) is 4.74 Å². The first-order valence-electron chi connectivity index (χ1n) is 11.3. The van der Waals surface area contributed by atoms with Crippen LogP contribution in [0, 0.1) is 16.0 Å². The summed E-state index contributed by atoms with van der Waals surface area (Å²) >= 11 is 0. The van der Waals surface area contributed by atoms with Crippen molar-refractivity contribution >= 4 is 16.7 Å². The Kier molecular flexibility index (Phi) is 7.75. The quantitative estimate of drug-likeness (QED) is 0.173. The van der Waals surface area contributed by atoms with Crippen molar-refractivity contribution in [2.75, 3.05) is 7.11 Å². The zero-order chi connectivity index (χ0) is 26.9. The third-order valence-corrected chi connectivity index (χ3v) is 6.76. The topological polar surface area (TPSA) is 78.7 Å². The molecule has 0 saturated heterocycles. The average molecular weight is 521 g/mol. The van der Waals surface area contributed by atoms with Crippen molar-refractivity contribution in [1.29, 1.82) is 0 Å². The second kappa shape index (κ2) is 10.1. The molecule has 1 aliphatic rings. The molecule has 0 aromatic heterocycles. The number of fused-ring (bicyclic) bond motifs is 1. The van der Waals surface area contributed by atoms with Crippen LogP contribution in [0.1, 0.15) is 56.6 Å². The zero-order valence-corrected chi connectivity index (χ0v) is 19.5. The van der Waals surface area contributed by atoms with Crippen LogP contribution < -0.4 is 4.74 Å². The fraction of sp³-hybridized carbons (Fsp3) is 0.542. The zero-order valence-electron chi connectivity index (χ0n) is 19.5. The summed E-state index contributed by atoms with van der Waals surface area (Å²) in [6.07, 6.45) is -11.0. The lowest BCUT2D eigenvalue weighted by Crippen LogP contribution is -2.33. The van der Waals surface area contributed by atoms with Crippen LogP contribution in [0.3, 0.4) is 0 Å². The Labute approximate surface area is 202 Å². The van der Waals surface area contributed by atoms with E-state index in [1.165, 1.54) is 25.1 Å². The molecule has 1 aliphatic carbocycles. The van der Waals surface area contributed by atoms with Crippen molar-refractivity contribution in [3.8, 4) is 5.75 Å². The number of carbonyl (C=O) groups excluding carboxylic acids is 1. The van der Waals surface area contributed by atoms with Gasteiger partial charge in [0.2, 0.25) is 5.54 Å². The van der Waals surface area contributed by atoms with Gasteiger partial charge in [0, 0.05) is 23.8 Å². The molecule has 1 unspecified atom stereocenters. The summed E-state index contributed by atoms with van der Waals surface area (Å²) < 4.78 is 91.0. The number of carbonyl (C=O) groups is 1. The van der Waals surface area contributed by atoms with Gasteiger partial charge in [0.25, 0.3) is 0 Å². The van der Waals surface area contributed by atoms with Gasteiger partial charge in [0.1, 0.15) is 11.3 Å². The Morgan fingerprint density at radius 3 is 2.22 bits per heavy atom. The predicted molar refractivity (Wildman–Crippen MR) is 117 cm³/mol. The molecule has 0 amide bonds. The van der Waals surface area contributed by atoms with E-state index in [1.54, 1.807) is 0 Å². The van der Waals surface area contributed by atoms with Gasteiger partial charge in [-0.15, -0.1) is 0 Å². The largest absolute Gasteiger partial charge is 0.490 e. The molecule has 198 valence electrons. The molecule has 0 heterocycles. The molecule has 0 N–H and O–H groups in total. The average Bonchev–Trinajstić information content (AvgIpc) is 2.80. The predicted octanol–water partition coefficient (Wildman–Crippen LogP) is 6.80. The fourth-order valence-corrected chi connectivity index (χ4v) is 4.51. The minimum atomic E-state index is -4.85. The number of esters is 1. The molecule has 0 bridgehead atoms. The van der Waals surface area contributed by atoms with Crippen LogP contribution in [-0.2, 0) is 21.2 Å². The molecule has 3 rings (SSSR count). The van der Waals surface area contributed by atoms with E-state index in [1.807, 2.05) is 0 Å². The number of nitrogens with zero attached hydrogens (tertiary/aromatic N) is 1. The Bertz CT molecular complexity index is 1120. The summed E-state index contributed by atoms with van der Waals surface area (Å²) in [5, 5.41) is 11.6. The first kappa shape index (κ1) is 27.5. The molecule has 1 fully saturated rings. The highest BCUT2D eigenvalue weighted by Gasteiger charge is 2.43. The molecular formula is C24H25F6NO5. The third-order valence-electron chi connectivity index (χ3n) is 6.76. The number of halogens is 6. The van der Waals surface area contributed by atoms with Gasteiger partial charge in [0.05, 0.1) is 25.6 Å². The third kappa shape index (κ3) is 5.84. The highest BCUT2D eigenvalue weighted by Crippen LogP contribution is 2.44. The Hall–Kier alpha value is -3.05. The summed E-state index contributed by atoms with van der Waals surface area (Å²) in [5.74, 6) is -2.65. The van der Waals surface area contributed by atoms with E-state index in [0.717, 1.165) is 19.2 Å². The van der Waals surface area contributed by atoms with Gasteiger partial charge in [-0.3, -0.25) is 14.9 Å². The normalized spacial score (nSPS) is 20.6. The molecular weight excluding hydrogens is 496 g/mol. The number of hydrogen-bond acceptors (Lipinski definition) is 5. The van der Waals surface area contributed by atoms with E-state index >= 15 is 0 Å². The van der Waals surface area contributed by atoms with Gasteiger partial charge in [-0.05, 0) is 48.6 Å². The molecule has 0 aliphatic heterocycles. The molecule has 1 atom stereocenters. The number of hydrogen-bond donors (Lipinski definition) is 0. The minimum Gasteiger partial charge on any atom is -0.490 e. The van der Waals surface area contributed by atoms with Crippen molar-refractivity contribution in [3.05, 3.63) is 51.6 Å². The molecule has 0 radical (unpaired) electrons. The second-order valence-electron chi connectivity index (χ2n) is 9.11. The summed E-state index contributed by atoms with van der Waals surface area (Å²) in [5.41, 5.74) is -2.74. The van der Waals surface area contributed by atoms with E-state index in [4.69, 9.17) is 4.74 Å². The second-order valence-corrected chi connectivity index (χ2v) is 9.11. The summed E-state index contributed by atoms with van der Waals surface area (Å²) in [6, 6.07) is 5.99. The Morgan fingerprint density at radius 1 is 1.06 bits per heavy atom. The van der Waals surface area contributed by atoms with Gasteiger partial charge >= 0.3 is 18.3 Å². The van der Waals surface area contributed by atoms with Gasteiger partial charge in [-0.2, -0.15) is 26.3 Å². The Morgan fingerprint density at radius 2 is 1.69 bits per heavy atom. The van der Waals surface area contributed by atoms with Crippen LogP contribution in [0.15, 0.2) is 30.3 Å². The molecule has 6 nitrogen and oxygen atoms in total. The van der Waals surface area contributed by atoms with Gasteiger partial charge in [0.15, 0.2) is 0 Å². The monoisotopic (exact) mass is 521 g/mol. The van der Waals surface area contributed by atoms with Crippen LogP contribution in [0.2, 0.25) is 0 Å². The van der Waals surface area contributed by atoms with Crippen molar-refractivity contribution < 1.29 is 45.5 Å². The lowest BCUT2D eigenvalue weighted by atomic mass is 9.86. The number of benzene rings is 2. The molecule has 36 heavy (non-hydrogen) atoms. The van der Waals surface area contributed by atoms with Crippen LogP contribution >= 0.6 is 0 Å². The maximum Gasteiger partial charge on any atom is 0.420 e. The first-order valence-corrected chi connectivity index (χ1v) is 11.3. The van der Waals surface area contributed by atoms with Gasteiger partial charge < -0.3 is 9.47 Å². The van der Waals surface area contributed by atoms with Crippen LogP contribution in [-0.4, -0.2) is 30.3 Å². The number of methoxy groups -OCH3 is 1. The molecule has 12 heteroatoms. The van der Waals surface area contributed by atoms with Gasteiger partial charge in [-0.25, -0.2) is 0 Å². The van der Waals surface area contributed by atoms with Crippen molar-refractivity contribution in [2.45, 2.75) is 69.4 Å². The first-order chi connectivity index (χ1) is 16.7. The standard InChI is InChI=1S/C24H25F6NO5/c1-22(31(33)34,12-11-20(32)35-2)16-6-9-18-14(13-16)3-10-19(21(18)24(28,29)30)36-17-7-4-15(5-8-17)23(25,26)27/h3,6,9-10,13,15,17H,4-5,7-8,11-12H2,1-2H3/t15-,17+,22?. The summed E-state index contributed by atoms with van der Waals surface area (Å²) in [6.45, 7) is 1.27. The number of nitro groups is 1. The molecule has 2 aromatic carbocycles. The van der Waals surface area contributed by atoms with Crippen molar-refractivity contribution in [2.24, 2.45) is 5.92 Å². The van der Waals surface area contributed by atoms with Crippen LogP contribution in [0.25, 0.3) is 10.8 Å². The SMILES string of the molecule is COC(=O)CCC(C)(c1ccc2c(C(F)(F)F)c(O[C@H]3CC[C@@H](C(F)(F)F)CC3)ccc2c1)[N+](=O)[O-]. The number of rotatable bonds is 7. The lowest BCUT2D eigenvalue weighted by molar-refractivity contribution is -0.575. The van der Waals surface area contributed by atoms with E-state index in [-0.39, 0.29) is 54.9 Å². The molecule has 2 aromatic rings. The lowest BCUT2D eigenvalue weighted by Gasteiger charge is -2.31. The Balaban J connectivity index is 1.95. The summed E-state index contributed by atoms with van der Waals surface area (Å²) in [4.78, 5) is 22.7. The maximum absolute atomic E-state index is 14.1. The van der Waals surface area contributed by atoms with Crippen LogP contribution in [0.4, 0.5) is 26.3 Å². The van der Waals surface area contributed by atoms with Gasteiger partial charge in [-0.1, -0.05) is 18.2 Å². The number of ether oxygens (including phenoxy) is 2. The van der Waals surface area contributed by atoms with E-state index in [9.17, 15) is 41.3 Å². The fourth-order valence-electron chi connectivity index (χ4n) is 4.51.